The number of thiophene rings is 1. The predicted molar refractivity (Wildman–Crippen MR) is 72.7 cm³/mol. The van der Waals surface area contributed by atoms with Gasteiger partial charge in [-0.05, 0) is 41.6 Å². The Kier molecular flexibility index (Phi) is 2.81. The number of benzene rings is 1. The van der Waals surface area contributed by atoms with Gasteiger partial charge in [-0.2, -0.15) is 0 Å². The molecular weight excluding hydrogens is 244 g/mol. The first kappa shape index (κ1) is 11.3. The first-order valence-electron chi connectivity index (χ1n) is 5.68. The SMILES string of the molecule is Cc1ccsc1C(O)c1ccc2nccnc2c1. The molecule has 0 fully saturated rings. The maximum atomic E-state index is 10.4. The van der Waals surface area contributed by atoms with Gasteiger partial charge < -0.3 is 5.11 Å². The van der Waals surface area contributed by atoms with Crippen molar-refractivity contribution in [3.63, 3.8) is 0 Å². The van der Waals surface area contributed by atoms with Gasteiger partial charge in [0.1, 0.15) is 6.10 Å². The molecule has 0 aliphatic rings. The van der Waals surface area contributed by atoms with E-state index in [1.54, 1.807) is 23.7 Å². The predicted octanol–water partition coefficient (Wildman–Crippen LogP) is 3.08. The molecule has 3 rings (SSSR count). The summed E-state index contributed by atoms with van der Waals surface area (Å²) in [6.07, 6.45) is 2.74. The minimum absolute atomic E-state index is 0.587. The standard InChI is InChI=1S/C14H12N2OS/c1-9-4-7-18-14(9)13(17)10-2-3-11-12(8-10)16-6-5-15-11/h2-8,13,17H,1H3. The zero-order chi connectivity index (χ0) is 12.5. The molecule has 0 amide bonds. The lowest BCUT2D eigenvalue weighted by atomic mass is 10.1. The molecule has 0 aliphatic heterocycles. The van der Waals surface area contributed by atoms with E-state index in [1.807, 2.05) is 36.6 Å². The molecule has 1 atom stereocenters. The Labute approximate surface area is 109 Å². The van der Waals surface area contributed by atoms with E-state index in [-0.39, 0.29) is 0 Å². The fourth-order valence-corrected chi connectivity index (χ4v) is 2.90. The van der Waals surface area contributed by atoms with Crippen LogP contribution in [-0.2, 0) is 0 Å². The number of hydrogen-bond acceptors (Lipinski definition) is 4. The fourth-order valence-electron chi connectivity index (χ4n) is 1.97. The van der Waals surface area contributed by atoms with Gasteiger partial charge >= 0.3 is 0 Å². The molecule has 2 heterocycles. The van der Waals surface area contributed by atoms with Crippen molar-refractivity contribution in [2.24, 2.45) is 0 Å². The van der Waals surface area contributed by atoms with E-state index in [1.165, 1.54) is 0 Å². The normalized spacial score (nSPS) is 12.8. The summed E-state index contributed by atoms with van der Waals surface area (Å²) in [5, 5.41) is 12.4. The summed E-state index contributed by atoms with van der Waals surface area (Å²) in [6, 6.07) is 7.71. The van der Waals surface area contributed by atoms with Gasteiger partial charge in [-0.1, -0.05) is 6.07 Å². The van der Waals surface area contributed by atoms with E-state index in [9.17, 15) is 5.11 Å². The monoisotopic (exact) mass is 256 g/mol. The average Bonchev–Trinajstić information content (AvgIpc) is 2.83. The first-order valence-corrected chi connectivity index (χ1v) is 6.56. The molecule has 1 unspecified atom stereocenters. The number of fused-ring (bicyclic) bond motifs is 1. The zero-order valence-electron chi connectivity index (χ0n) is 9.87. The second-order valence-electron chi connectivity index (χ2n) is 4.17. The minimum atomic E-state index is -0.587. The quantitative estimate of drug-likeness (QED) is 0.766. The van der Waals surface area contributed by atoms with Crippen molar-refractivity contribution in [3.05, 3.63) is 58.0 Å². The maximum absolute atomic E-state index is 10.4. The van der Waals surface area contributed by atoms with Gasteiger partial charge in [-0.25, -0.2) is 0 Å². The Morgan fingerprint density at radius 1 is 1.11 bits per heavy atom. The molecule has 4 heteroatoms. The van der Waals surface area contributed by atoms with Crippen LogP contribution in [0.5, 0.6) is 0 Å². The number of aromatic nitrogens is 2. The largest absolute Gasteiger partial charge is 0.383 e. The first-order chi connectivity index (χ1) is 8.75. The van der Waals surface area contributed by atoms with Crippen molar-refractivity contribution in [3.8, 4) is 0 Å². The Morgan fingerprint density at radius 3 is 2.61 bits per heavy atom. The molecule has 0 spiro atoms. The summed E-state index contributed by atoms with van der Waals surface area (Å²) in [4.78, 5) is 9.46. The van der Waals surface area contributed by atoms with Crippen LogP contribution in [0.2, 0.25) is 0 Å². The average molecular weight is 256 g/mol. The maximum Gasteiger partial charge on any atom is 0.114 e. The third-order valence-electron chi connectivity index (χ3n) is 2.96. The lowest BCUT2D eigenvalue weighted by Crippen LogP contribution is -1.99. The van der Waals surface area contributed by atoms with Crippen molar-refractivity contribution in [1.29, 1.82) is 0 Å². The summed E-state index contributed by atoms with van der Waals surface area (Å²) in [7, 11) is 0. The highest BCUT2D eigenvalue weighted by Crippen LogP contribution is 2.30. The van der Waals surface area contributed by atoms with Crippen LogP contribution >= 0.6 is 11.3 Å². The summed E-state index contributed by atoms with van der Waals surface area (Å²) in [5.74, 6) is 0. The fraction of sp³-hybridized carbons (Fsp3) is 0.143. The molecule has 0 saturated heterocycles. The number of aliphatic hydroxyl groups excluding tert-OH is 1. The Balaban J connectivity index is 2.07. The topological polar surface area (TPSA) is 46.0 Å². The number of aliphatic hydroxyl groups is 1. The number of aryl methyl sites for hydroxylation is 1. The molecule has 1 aromatic carbocycles. The van der Waals surface area contributed by atoms with Gasteiger partial charge in [-0.15, -0.1) is 11.3 Å². The van der Waals surface area contributed by atoms with Crippen LogP contribution in [0.25, 0.3) is 11.0 Å². The molecule has 3 aromatic rings. The number of hydrogen-bond donors (Lipinski definition) is 1. The lowest BCUT2D eigenvalue weighted by Gasteiger charge is -2.11. The molecule has 0 radical (unpaired) electrons. The van der Waals surface area contributed by atoms with Crippen LogP contribution in [-0.4, -0.2) is 15.1 Å². The van der Waals surface area contributed by atoms with E-state index in [4.69, 9.17) is 0 Å². The van der Waals surface area contributed by atoms with Crippen LogP contribution in [0, 0.1) is 6.92 Å². The Morgan fingerprint density at radius 2 is 1.89 bits per heavy atom. The lowest BCUT2D eigenvalue weighted by molar-refractivity contribution is 0.223. The molecule has 1 N–H and O–H groups in total. The Hall–Kier alpha value is -1.78. The van der Waals surface area contributed by atoms with Crippen molar-refractivity contribution in [2.45, 2.75) is 13.0 Å². The van der Waals surface area contributed by atoms with Crippen molar-refractivity contribution in [2.75, 3.05) is 0 Å². The highest BCUT2D eigenvalue weighted by Gasteiger charge is 2.14. The smallest absolute Gasteiger partial charge is 0.114 e. The van der Waals surface area contributed by atoms with Crippen molar-refractivity contribution in [1.82, 2.24) is 9.97 Å². The van der Waals surface area contributed by atoms with Gasteiger partial charge in [0, 0.05) is 17.3 Å². The summed E-state index contributed by atoms with van der Waals surface area (Å²) < 4.78 is 0. The van der Waals surface area contributed by atoms with E-state index >= 15 is 0 Å². The molecule has 18 heavy (non-hydrogen) atoms. The van der Waals surface area contributed by atoms with Crippen LogP contribution in [0.15, 0.2) is 42.0 Å². The zero-order valence-corrected chi connectivity index (χ0v) is 10.7. The van der Waals surface area contributed by atoms with Crippen LogP contribution in [0.1, 0.15) is 22.1 Å². The molecule has 0 saturated carbocycles. The highest BCUT2D eigenvalue weighted by atomic mass is 32.1. The minimum Gasteiger partial charge on any atom is -0.383 e. The molecule has 0 bridgehead atoms. The van der Waals surface area contributed by atoms with Gasteiger partial charge in [-0.3, -0.25) is 9.97 Å². The van der Waals surface area contributed by atoms with Gasteiger partial charge in [0.2, 0.25) is 0 Å². The summed E-state index contributed by atoms with van der Waals surface area (Å²) in [5.41, 5.74) is 3.62. The Bertz CT molecular complexity index is 693. The van der Waals surface area contributed by atoms with Crippen LogP contribution in [0.4, 0.5) is 0 Å². The third-order valence-corrected chi connectivity index (χ3v) is 4.03. The van der Waals surface area contributed by atoms with E-state index in [2.05, 4.69) is 9.97 Å². The number of nitrogens with zero attached hydrogens (tertiary/aromatic N) is 2. The molecular formula is C14H12N2OS. The third kappa shape index (κ3) is 1.89. The van der Waals surface area contributed by atoms with Gasteiger partial charge in [0.25, 0.3) is 0 Å². The second kappa shape index (κ2) is 4.48. The van der Waals surface area contributed by atoms with Crippen molar-refractivity contribution < 1.29 is 5.11 Å². The summed E-state index contributed by atoms with van der Waals surface area (Å²) in [6.45, 7) is 2.01. The highest BCUT2D eigenvalue weighted by molar-refractivity contribution is 7.10. The van der Waals surface area contributed by atoms with Crippen molar-refractivity contribution >= 4 is 22.4 Å². The van der Waals surface area contributed by atoms with Crippen LogP contribution < -0.4 is 0 Å². The molecule has 3 nitrogen and oxygen atoms in total. The molecule has 2 aromatic heterocycles. The summed E-state index contributed by atoms with van der Waals surface area (Å²) >= 11 is 1.57. The van der Waals surface area contributed by atoms with Gasteiger partial charge in [0.15, 0.2) is 0 Å². The van der Waals surface area contributed by atoms with E-state index < -0.39 is 6.10 Å². The molecule has 90 valence electrons. The van der Waals surface area contributed by atoms with Crippen LogP contribution in [0.3, 0.4) is 0 Å². The van der Waals surface area contributed by atoms with E-state index in [0.29, 0.717) is 0 Å². The second-order valence-corrected chi connectivity index (χ2v) is 5.12. The number of rotatable bonds is 2. The van der Waals surface area contributed by atoms with Gasteiger partial charge in [0.05, 0.1) is 11.0 Å². The van der Waals surface area contributed by atoms with E-state index in [0.717, 1.165) is 27.0 Å². The molecule has 0 aliphatic carbocycles.